The highest BCUT2D eigenvalue weighted by Crippen LogP contribution is 2.39. The zero-order chi connectivity index (χ0) is 15.3. The van der Waals surface area contributed by atoms with Crippen molar-refractivity contribution >= 4 is 27.8 Å². The predicted octanol–water partition coefficient (Wildman–Crippen LogP) is 2.51. The monoisotopic (exact) mass is 285 g/mol. The van der Waals surface area contributed by atoms with E-state index in [1.165, 1.54) is 31.2 Å². The first-order valence-corrected chi connectivity index (χ1v) is 6.11. The number of hydrogen-bond donors (Lipinski definition) is 4. The van der Waals surface area contributed by atoms with Crippen molar-refractivity contribution < 1.29 is 25.2 Å². The lowest BCUT2D eigenvalue weighted by molar-refractivity contribution is 0.0701. The Morgan fingerprint density at radius 1 is 1.10 bits per heavy atom. The average molecular weight is 285 g/mol. The summed E-state index contributed by atoms with van der Waals surface area (Å²) in [7, 11) is 0. The molecule has 0 saturated heterocycles. The lowest BCUT2D eigenvalue weighted by Gasteiger charge is -2.12. The third kappa shape index (κ3) is 1.80. The van der Waals surface area contributed by atoms with Gasteiger partial charge in [0.15, 0.2) is 0 Å². The van der Waals surface area contributed by atoms with Crippen LogP contribution in [0.4, 0.5) is 0 Å². The normalized spacial score (nSPS) is 11.1. The molecule has 3 aromatic rings. The molecule has 21 heavy (non-hydrogen) atoms. The van der Waals surface area contributed by atoms with Gasteiger partial charge in [0.1, 0.15) is 17.2 Å². The fourth-order valence-corrected chi connectivity index (χ4v) is 2.38. The molecular formula is C15H11NO5. The van der Waals surface area contributed by atoms with Gasteiger partial charge >= 0.3 is 5.97 Å². The van der Waals surface area contributed by atoms with Crippen LogP contribution in [0.15, 0.2) is 24.3 Å². The van der Waals surface area contributed by atoms with Gasteiger partial charge in [-0.2, -0.15) is 0 Å². The third-order valence-corrected chi connectivity index (χ3v) is 3.46. The Morgan fingerprint density at radius 2 is 1.81 bits per heavy atom. The van der Waals surface area contributed by atoms with Crippen LogP contribution >= 0.6 is 0 Å². The van der Waals surface area contributed by atoms with Crippen LogP contribution in [-0.2, 0) is 0 Å². The highest BCUT2D eigenvalue weighted by molar-refractivity contribution is 6.16. The minimum absolute atomic E-state index is 0.0379. The van der Waals surface area contributed by atoms with Crippen LogP contribution in [0.1, 0.15) is 15.9 Å². The van der Waals surface area contributed by atoms with Crippen molar-refractivity contribution in [3.05, 3.63) is 35.4 Å². The molecule has 0 spiro atoms. The lowest BCUT2D eigenvalue weighted by atomic mass is 9.99. The van der Waals surface area contributed by atoms with Crippen molar-refractivity contribution in [2.45, 2.75) is 6.92 Å². The highest BCUT2D eigenvalue weighted by Gasteiger charge is 2.21. The van der Waals surface area contributed by atoms with Crippen molar-refractivity contribution in [1.29, 1.82) is 0 Å². The first-order valence-electron chi connectivity index (χ1n) is 6.11. The molecule has 3 rings (SSSR count). The Morgan fingerprint density at radius 3 is 2.48 bits per heavy atom. The van der Waals surface area contributed by atoms with Crippen LogP contribution in [-0.4, -0.2) is 31.4 Å². The maximum Gasteiger partial charge on any atom is 0.337 e. The van der Waals surface area contributed by atoms with Crippen LogP contribution in [0.25, 0.3) is 21.8 Å². The lowest BCUT2D eigenvalue weighted by Crippen LogP contribution is -2.01. The second-order valence-electron chi connectivity index (χ2n) is 4.76. The zero-order valence-corrected chi connectivity index (χ0v) is 11.0. The molecule has 0 bridgehead atoms. The van der Waals surface area contributed by atoms with E-state index in [1.54, 1.807) is 0 Å². The summed E-state index contributed by atoms with van der Waals surface area (Å²) < 4.78 is 0. The number of nitrogens with zero attached hydrogens (tertiary/aromatic N) is 1. The second kappa shape index (κ2) is 4.24. The molecule has 0 aliphatic carbocycles. The summed E-state index contributed by atoms with van der Waals surface area (Å²) >= 11 is 0. The standard InChI is InChI=1S/C15H11NO5/c1-6-11(18)5-10-13(14(6)19)12(15(20)21)8-4-7(17)2-3-9(8)16-10/h2-5,17-19H,1H3,(H,20,21). The molecular weight excluding hydrogens is 274 g/mol. The van der Waals surface area contributed by atoms with Gasteiger partial charge in [0, 0.05) is 17.0 Å². The number of carboxylic acids is 1. The van der Waals surface area contributed by atoms with Gasteiger partial charge in [-0.25, -0.2) is 9.78 Å². The number of carbonyl (C=O) groups is 1. The second-order valence-corrected chi connectivity index (χ2v) is 4.76. The van der Waals surface area contributed by atoms with Gasteiger partial charge in [-0.05, 0) is 25.1 Å². The molecule has 0 unspecified atom stereocenters. The number of benzene rings is 2. The Hall–Kier alpha value is -3.02. The van der Waals surface area contributed by atoms with E-state index in [-0.39, 0.29) is 44.7 Å². The largest absolute Gasteiger partial charge is 0.508 e. The molecule has 0 radical (unpaired) electrons. The van der Waals surface area contributed by atoms with Crippen molar-refractivity contribution in [2.75, 3.05) is 0 Å². The smallest absolute Gasteiger partial charge is 0.337 e. The number of hydrogen-bond acceptors (Lipinski definition) is 5. The minimum Gasteiger partial charge on any atom is -0.508 e. The van der Waals surface area contributed by atoms with Gasteiger partial charge in [0.2, 0.25) is 0 Å². The number of carboxylic acid groups (broad SMARTS) is 1. The summed E-state index contributed by atoms with van der Waals surface area (Å²) in [4.78, 5) is 15.8. The summed E-state index contributed by atoms with van der Waals surface area (Å²) in [6.45, 7) is 1.47. The fraction of sp³-hybridized carbons (Fsp3) is 0.0667. The third-order valence-electron chi connectivity index (χ3n) is 3.46. The fourth-order valence-electron chi connectivity index (χ4n) is 2.38. The van der Waals surface area contributed by atoms with E-state index in [1.807, 2.05) is 0 Å². The van der Waals surface area contributed by atoms with E-state index in [4.69, 9.17) is 0 Å². The number of pyridine rings is 1. The van der Waals surface area contributed by atoms with Gasteiger partial charge in [-0.3, -0.25) is 0 Å². The molecule has 106 valence electrons. The number of aromatic carboxylic acids is 1. The summed E-state index contributed by atoms with van der Waals surface area (Å²) in [5.74, 6) is -1.85. The number of phenolic OH excluding ortho intramolecular Hbond substituents is 3. The van der Waals surface area contributed by atoms with Gasteiger partial charge < -0.3 is 20.4 Å². The molecule has 4 N–H and O–H groups in total. The van der Waals surface area contributed by atoms with Crippen molar-refractivity contribution in [1.82, 2.24) is 4.98 Å². The summed E-state index contributed by atoms with van der Waals surface area (Å²) in [5, 5.41) is 39.2. The first kappa shape index (κ1) is 13.0. The molecule has 1 aromatic heterocycles. The van der Waals surface area contributed by atoms with Crippen molar-refractivity contribution in [3.8, 4) is 17.2 Å². The van der Waals surface area contributed by atoms with E-state index in [2.05, 4.69) is 4.98 Å². The van der Waals surface area contributed by atoms with Crippen LogP contribution in [0.2, 0.25) is 0 Å². The SMILES string of the molecule is Cc1c(O)cc2nc3ccc(O)cc3c(C(=O)O)c2c1O. The highest BCUT2D eigenvalue weighted by atomic mass is 16.4. The van der Waals surface area contributed by atoms with Gasteiger partial charge in [-0.1, -0.05) is 0 Å². The Labute approximate surface area is 118 Å². The number of aromatic hydroxyl groups is 3. The molecule has 6 nitrogen and oxygen atoms in total. The molecule has 0 atom stereocenters. The predicted molar refractivity (Wildman–Crippen MR) is 75.9 cm³/mol. The minimum atomic E-state index is -1.25. The van der Waals surface area contributed by atoms with Gasteiger partial charge in [-0.15, -0.1) is 0 Å². The Kier molecular flexibility index (Phi) is 2.62. The number of phenols is 3. The summed E-state index contributed by atoms with van der Waals surface area (Å²) in [5.41, 5.74) is 0.532. The topological polar surface area (TPSA) is 111 Å². The number of fused-ring (bicyclic) bond motifs is 2. The van der Waals surface area contributed by atoms with Gasteiger partial charge in [0.25, 0.3) is 0 Å². The number of aromatic nitrogens is 1. The molecule has 0 aliphatic rings. The average Bonchev–Trinajstić information content (AvgIpc) is 2.43. The van der Waals surface area contributed by atoms with Gasteiger partial charge in [0.05, 0.1) is 22.0 Å². The quantitative estimate of drug-likeness (QED) is 0.511. The summed E-state index contributed by atoms with van der Waals surface area (Å²) in [6.07, 6.45) is 0. The van der Waals surface area contributed by atoms with E-state index >= 15 is 0 Å². The molecule has 6 heteroatoms. The Balaban J connectivity index is 2.65. The van der Waals surface area contributed by atoms with E-state index in [0.29, 0.717) is 5.52 Å². The zero-order valence-electron chi connectivity index (χ0n) is 11.0. The summed E-state index contributed by atoms with van der Waals surface area (Å²) in [6, 6.07) is 5.46. The van der Waals surface area contributed by atoms with E-state index in [0.717, 1.165) is 0 Å². The molecule has 0 aliphatic heterocycles. The molecule has 2 aromatic carbocycles. The van der Waals surface area contributed by atoms with Crippen molar-refractivity contribution in [2.24, 2.45) is 0 Å². The van der Waals surface area contributed by atoms with E-state index < -0.39 is 5.97 Å². The molecule has 0 amide bonds. The van der Waals surface area contributed by atoms with Crippen LogP contribution in [0.5, 0.6) is 17.2 Å². The van der Waals surface area contributed by atoms with E-state index in [9.17, 15) is 25.2 Å². The maximum atomic E-state index is 11.6. The Bertz CT molecular complexity index is 917. The number of rotatable bonds is 1. The molecule has 0 saturated carbocycles. The first-order chi connectivity index (χ1) is 9.90. The van der Waals surface area contributed by atoms with Crippen LogP contribution in [0, 0.1) is 6.92 Å². The van der Waals surface area contributed by atoms with Crippen molar-refractivity contribution in [3.63, 3.8) is 0 Å². The molecule has 0 fully saturated rings. The van der Waals surface area contributed by atoms with Crippen LogP contribution in [0.3, 0.4) is 0 Å². The van der Waals surface area contributed by atoms with Crippen LogP contribution < -0.4 is 0 Å². The molecule has 1 heterocycles. The maximum absolute atomic E-state index is 11.6.